The van der Waals surface area contributed by atoms with E-state index in [1.54, 1.807) is 0 Å². The lowest BCUT2D eigenvalue weighted by Gasteiger charge is -2.06. The fourth-order valence-electron chi connectivity index (χ4n) is 1.65. The molecule has 2 rings (SSSR count). The van der Waals surface area contributed by atoms with Crippen LogP contribution in [0.15, 0.2) is 0 Å². The quantitative estimate of drug-likeness (QED) is 0.551. The van der Waals surface area contributed by atoms with Crippen LogP contribution >= 0.6 is 12.4 Å². The second kappa shape index (κ2) is 2.45. The minimum absolute atomic E-state index is 0. The fourth-order valence-corrected chi connectivity index (χ4v) is 1.65. The van der Waals surface area contributed by atoms with Crippen LogP contribution < -0.4 is 5.32 Å². The first-order valence-electron chi connectivity index (χ1n) is 3.26. The first kappa shape index (κ1) is 7.32. The van der Waals surface area contributed by atoms with Gasteiger partial charge in [0.05, 0.1) is 6.61 Å². The van der Waals surface area contributed by atoms with Crippen molar-refractivity contribution in [1.82, 2.24) is 5.32 Å². The fraction of sp³-hybridized carbons (Fsp3) is 1.00. The maximum atomic E-state index is 8.70. The highest BCUT2D eigenvalue weighted by molar-refractivity contribution is 5.85. The van der Waals surface area contributed by atoms with Gasteiger partial charge in [-0.05, 0) is 24.8 Å². The lowest BCUT2D eigenvalue weighted by Crippen LogP contribution is -2.29. The van der Waals surface area contributed by atoms with Gasteiger partial charge in [0.15, 0.2) is 0 Å². The van der Waals surface area contributed by atoms with Gasteiger partial charge in [-0.3, -0.25) is 0 Å². The van der Waals surface area contributed by atoms with Crippen LogP contribution in [-0.4, -0.2) is 24.3 Å². The van der Waals surface area contributed by atoms with Crippen molar-refractivity contribution in [3.05, 3.63) is 0 Å². The molecule has 2 nitrogen and oxygen atoms in total. The van der Waals surface area contributed by atoms with E-state index in [1.165, 1.54) is 6.42 Å². The summed E-state index contributed by atoms with van der Waals surface area (Å²) < 4.78 is 0. The maximum absolute atomic E-state index is 8.70. The number of aliphatic hydroxyl groups excluding tert-OH is 1. The Morgan fingerprint density at radius 2 is 2.33 bits per heavy atom. The van der Waals surface area contributed by atoms with Crippen molar-refractivity contribution in [3.8, 4) is 0 Å². The third-order valence-corrected chi connectivity index (χ3v) is 2.33. The van der Waals surface area contributed by atoms with Crippen molar-refractivity contribution in [2.75, 3.05) is 13.2 Å². The van der Waals surface area contributed by atoms with Crippen LogP contribution in [-0.2, 0) is 0 Å². The van der Waals surface area contributed by atoms with Crippen LogP contribution in [0.4, 0.5) is 0 Å². The molecule has 0 aromatic rings. The van der Waals surface area contributed by atoms with E-state index in [0.717, 1.165) is 18.4 Å². The van der Waals surface area contributed by atoms with Gasteiger partial charge in [0, 0.05) is 6.04 Å². The van der Waals surface area contributed by atoms with E-state index in [9.17, 15) is 0 Å². The van der Waals surface area contributed by atoms with Gasteiger partial charge in [0.2, 0.25) is 0 Å². The van der Waals surface area contributed by atoms with Crippen molar-refractivity contribution in [2.45, 2.75) is 12.5 Å². The number of halogens is 1. The van der Waals surface area contributed by atoms with Crippen LogP contribution in [0.2, 0.25) is 0 Å². The van der Waals surface area contributed by atoms with Gasteiger partial charge >= 0.3 is 0 Å². The predicted molar refractivity (Wildman–Crippen MR) is 37.7 cm³/mol. The molecule has 1 aliphatic heterocycles. The average Bonchev–Trinajstić information content (AvgIpc) is 2.46. The first-order chi connectivity index (χ1) is 3.92. The topological polar surface area (TPSA) is 32.3 Å². The van der Waals surface area contributed by atoms with Crippen LogP contribution in [0.1, 0.15) is 6.42 Å². The van der Waals surface area contributed by atoms with Gasteiger partial charge in [0.1, 0.15) is 0 Å². The van der Waals surface area contributed by atoms with E-state index in [-0.39, 0.29) is 12.4 Å². The molecule has 3 atom stereocenters. The lowest BCUT2D eigenvalue weighted by molar-refractivity contribution is 0.242. The van der Waals surface area contributed by atoms with Gasteiger partial charge in [-0.2, -0.15) is 0 Å². The van der Waals surface area contributed by atoms with Crippen LogP contribution in [0.5, 0.6) is 0 Å². The van der Waals surface area contributed by atoms with Crippen LogP contribution in [0, 0.1) is 11.8 Å². The summed E-state index contributed by atoms with van der Waals surface area (Å²) in [6.45, 7) is 1.48. The van der Waals surface area contributed by atoms with E-state index in [1.807, 2.05) is 0 Å². The van der Waals surface area contributed by atoms with E-state index in [4.69, 9.17) is 5.11 Å². The number of aliphatic hydroxyl groups is 1. The SMILES string of the molecule is Cl.OC[C@H]1NC[C@@H]2C[C@@H]21. The van der Waals surface area contributed by atoms with Gasteiger partial charge in [0.25, 0.3) is 0 Å². The van der Waals surface area contributed by atoms with Gasteiger partial charge in [-0.25, -0.2) is 0 Å². The molecule has 54 valence electrons. The average molecular weight is 150 g/mol. The Labute approximate surface area is 61.0 Å². The first-order valence-corrected chi connectivity index (χ1v) is 3.26. The number of piperidine rings is 1. The normalized spacial score (nSPS) is 45.7. The monoisotopic (exact) mass is 149 g/mol. The number of nitrogens with one attached hydrogen (secondary N) is 1. The summed E-state index contributed by atoms with van der Waals surface area (Å²) in [4.78, 5) is 0. The molecule has 0 aromatic heterocycles. The Bertz CT molecular complexity index is 109. The van der Waals surface area contributed by atoms with E-state index in [2.05, 4.69) is 5.32 Å². The highest BCUT2D eigenvalue weighted by atomic mass is 35.5. The molecular formula is C6H12ClNO. The highest BCUT2D eigenvalue weighted by Gasteiger charge is 2.47. The van der Waals surface area contributed by atoms with E-state index < -0.39 is 0 Å². The molecule has 3 heteroatoms. The molecule has 1 aliphatic carbocycles. The molecule has 1 heterocycles. The van der Waals surface area contributed by atoms with Crippen LogP contribution in [0.25, 0.3) is 0 Å². The zero-order valence-corrected chi connectivity index (χ0v) is 6.03. The standard InChI is InChI=1S/C6H11NO.ClH/c8-3-6-5-1-4(5)2-7-6;/h4-8H,1-3H2;1H/t4-,5-,6+;/m0./s1. The van der Waals surface area contributed by atoms with Crippen molar-refractivity contribution in [3.63, 3.8) is 0 Å². The summed E-state index contributed by atoms with van der Waals surface area (Å²) in [6.07, 6.45) is 1.36. The molecule has 0 bridgehead atoms. The number of rotatable bonds is 1. The van der Waals surface area contributed by atoms with Gasteiger partial charge in [-0.1, -0.05) is 0 Å². The molecule has 2 fully saturated rings. The van der Waals surface area contributed by atoms with Crippen molar-refractivity contribution in [2.24, 2.45) is 11.8 Å². The highest BCUT2D eigenvalue weighted by Crippen LogP contribution is 2.44. The zero-order valence-electron chi connectivity index (χ0n) is 5.21. The summed E-state index contributed by atoms with van der Waals surface area (Å²) in [5, 5.41) is 12.0. The molecule has 0 aromatic carbocycles. The van der Waals surface area contributed by atoms with Gasteiger partial charge < -0.3 is 10.4 Å². The van der Waals surface area contributed by atoms with E-state index in [0.29, 0.717) is 12.6 Å². The molecule has 1 saturated heterocycles. The molecule has 9 heavy (non-hydrogen) atoms. The summed E-state index contributed by atoms with van der Waals surface area (Å²) in [5.41, 5.74) is 0. The Morgan fingerprint density at radius 1 is 1.56 bits per heavy atom. The lowest BCUT2D eigenvalue weighted by atomic mass is 10.2. The molecule has 0 unspecified atom stereocenters. The third-order valence-electron chi connectivity index (χ3n) is 2.33. The molecule has 1 saturated carbocycles. The second-order valence-electron chi connectivity index (χ2n) is 2.86. The second-order valence-corrected chi connectivity index (χ2v) is 2.86. The molecule has 0 spiro atoms. The van der Waals surface area contributed by atoms with Crippen molar-refractivity contribution < 1.29 is 5.11 Å². The summed E-state index contributed by atoms with van der Waals surface area (Å²) in [5.74, 6) is 1.76. The molecule has 2 N–H and O–H groups in total. The summed E-state index contributed by atoms with van der Waals surface area (Å²) in [7, 11) is 0. The smallest absolute Gasteiger partial charge is 0.0587 e. The maximum Gasteiger partial charge on any atom is 0.0587 e. The Balaban J connectivity index is 0.000000405. The minimum Gasteiger partial charge on any atom is -0.395 e. The predicted octanol–water partition coefficient (Wildman–Crippen LogP) is 0.00840. The van der Waals surface area contributed by atoms with Crippen molar-refractivity contribution >= 4 is 12.4 Å². The minimum atomic E-state index is 0. The molecule has 0 amide bonds. The zero-order chi connectivity index (χ0) is 5.56. The number of fused-ring (bicyclic) bond motifs is 1. The largest absolute Gasteiger partial charge is 0.395 e. The Kier molecular flexibility index (Phi) is 1.99. The Hall–Kier alpha value is 0.210. The van der Waals surface area contributed by atoms with E-state index >= 15 is 0 Å². The molecule has 2 aliphatic rings. The third kappa shape index (κ3) is 1.07. The summed E-state index contributed by atoms with van der Waals surface area (Å²) >= 11 is 0. The van der Waals surface area contributed by atoms with Gasteiger partial charge in [-0.15, -0.1) is 12.4 Å². The molecular weight excluding hydrogens is 138 g/mol. The van der Waals surface area contributed by atoms with Crippen LogP contribution in [0.3, 0.4) is 0 Å². The van der Waals surface area contributed by atoms with Crippen molar-refractivity contribution in [1.29, 1.82) is 0 Å². The summed E-state index contributed by atoms with van der Waals surface area (Å²) in [6, 6.07) is 0.444. The molecule has 0 radical (unpaired) electrons. The Morgan fingerprint density at radius 3 is 2.56 bits per heavy atom. The number of hydrogen-bond donors (Lipinski definition) is 2. The number of hydrogen-bond acceptors (Lipinski definition) is 2.